The summed E-state index contributed by atoms with van der Waals surface area (Å²) in [5.41, 5.74) is 0.424. The first-order valence-electron chi connectivity index (χ1n) is 5.48. The van der Waals surface area contributed by atoms with E-state index in [1.165, 1.54) is 6.08 Å². The van der Waals surface area contributed by atoms with E-state index >= 15 is 0 Å². The fraction of sp³-hybridized carbons (Fsp3) is 0.0833. The molecular formula is C12H8I2N2O4S. The normalized spacial score (nSPS) is 11.7. The fourth-order valence-corrected chi connectivity index (χ4v) is 3.98. The highest BCUT2D eigenvalue weighted by molar-refractivity contribution is 14.1. The lowest BCUT2D eigenvalue weighted by Crippen LogP contribution is -1.97. The highest BCUT2D eigenvalue weighted by Crippen LogP contribution is 2.32. The van der Waals surface area contributed by atoms with Gasteiger partial charge in [-0.25, -0.2) is 4.79 Å². The quantitative estimate of drug-likeness (QED) is 0.355. The van der Waals surface area contributed by atoms with Gasteiger partial charge >= 0.3 is 5.97 Å². The average molecular weight is 530 g/mol. The molecule has 21 heavy (non-hydrogen) atoms. The van der Waals surface area contributed by atoms with Gasteiger partial charge < -0.3 is 14.6 Å². The molecule has 2 aromatic rings. The maximum Gasteiger partial charge on any atom is 0.342 e. The van der Waals surface area contributed by atoms with E-state index in [-0.39, 0.29) is 15.9 Å². The number of hydrogen-bond acceptors (Lipinski definition) is 6. The van der Waals surface area contributed by atoms with E-state index in [9.17, 15) is 15.0 Å². The number of thioether (sulfide) groups is 1. The molecule has 0 saturated carbocycles. The molecule has 0 bridgehead atoms. The molecular weight excluding hydrogens is 522 g/mol. The van der Waals surface area contributed by atoms with Crippen LogP contribution in [0, 0.1) is 14.1 Å². The van der Waals surface area contributed by atoms with Crippen molar-refractivity contribution in [3.63, 3.8) is 0 Å². The van der Waals surface area contributed by atoms with Gasteiger partial charge in [0.25, 0.3) is 5.22 Å². The van der Waals surface area contributed by atoms with Gasteiger partial charge in [-0.15, -0.1) is 10.2 Å². The van der Waals surface area contributed by atoms with Crippen LogP contribution in [-0.2, 0) is 4.79 Å². The summed E-state index contributed by atoms with van der Waals surface area (Å²) in [6.45, 7) is 1.62. The maximum absolute atomic E-state index is 11.3. The summed E-state index contributed by atoms with van der Waals surface area (Å²) in [5.74, 6) is -0.741. The molecule has 6 nitrogen and oxygen atoms in total. The predicted molar refractivity (Wildman–Crippen MR) is 94.0 cm³/mol. The second-order valence-electron chi connectivity index (χ2n) is 3.83. The van der Waals surface area contributed by atoms with Crippen LogP contribution in [0.4, 0.5) is 0 Å². The zero-order valence-corrected chi connectivity index (χ0v) is 15.6. The summed E-state index contributed by atoms with van der Waals surface area (Å²) >= 11 is 4.92. The molecule has 1 heterocycles. The number of carboxylic acid groups (broad SMARTS) is 1. The highest BCUT2D eigenvalue weighted by atomic mass is 127. The smallest absolute Gasteiger partial charge is 0.342 e. The van der Waals surface area contributed by atoms with Crippen LogP contribution in [0.1, 0.15) is 11.5 Å². The number of phenolic OH excluding ortho intramolecular Hbond substituents is 1. The minimum absolute atomic E-state index is 0.0215. The van der Waals surface area contributed by atoms with Gasteiger partial charge in [-0.05, 0) is 75.2 Å². The Kier molecular flexibility index (Phi) is 5.48. The van der Waals surface area contributed by atoms with Crippen LogP contribution < -0.4 is 0 Å². The van der Waals surface area contributed by atoms with Crippen molar-refractivity contribution in [1.82, 2.24) is 10.2 Å². The Labute approximate surface area is 151 Å². The van der Waals surface area contributed by atoms with Gasteiger partial charge in [0.05, 0.1) is 3.57 Å². The minimum atomic E-state index is -1.14. The number of aromatic hydroxyl groups is 1. The Morgan fingerprint density at radius 3 is 2.67 bits per heavy atom. The standard InChI is InChI=1S/C12H8I2N2O4S/c1-5-15-16-12(20-5)21-9(11(18)19)3-6-2-7(13)4-8(14)10(6)17/h2-4,17H,1H3,(H,18,19)/b9-3-. The number of carboxylic acids is 1. The van der Waals surface area contributed by atoms with E-state index in [0.717, 1.165) is 15.3 Å². The monoisotopic (exact) mass is 530 g/mol. The number of hydrogen-bond donors (Lipinski definition) is 2. The second kappa shape index (κ2) is 6.96. The molecule has 1 aromatic carbocycles. The van der Waals surface area contributed by atoms with Gasteiger partial charge in [-0.3, -0.25) is 0 Å². The first kappa shape index (κ1) is 16.5. The largest absolute Gasteiger partial charge is 0.506 e. The number of aromatic nitrogens is 2. The number of aliphatic carboxylic acids is 1. The summed E-state index contributed by atoms with van der Waals surface area (Å²) in [6.07, 6.45) is 1.38. The van der Waals surface area contributed by atoms with Gasteiger partial charge in [0.1, 0.15) is 10.7 Å². The topological polar surface area (TPSA) is 96.5 Å². The Balaban J connectivity index is 2.40. The molecule has 110 valence electrons. The van der Waals surface area contributed by atoms with Crippen LogP contribution in [0.3, 0.4) is 0 Å². The molecule has 0 aliphatic carbocycles. The SMILES string of the molecule is Cc1nnc(S/C(=C\c2cc(I)cc(I)c2O)C(=O)O)o1. The van der Waals surface area contributed by atoms with E-state index in [4.69, 9.17) is 4.42 Å². The van der Waals surface area contributed by atoms with Gasteiger partial charge in [0, 0.05) is 16.1 Å². The molecule has 0 aliphatic rings. The van der Waals surface area contributed by atoms with Crippen molar-refractivity contribution in [3.05, 3.63) is 35.6 Å². The molecule has 0 spiro atoms. The second-order valence-corrected chi connectivity index (χ2v) is 7.23. The van der Waals surface area contributed by atoms with Gasteiger partial charge in [-0.1, -0.05) is 0 Å². The first-order chi connectivity index (χ1) is 9.86. The molecule has 0 amide bonds. The zero-order valence-electron chi connectivity index (χ0n) is 10.5. The third kappa shape index (κ3) is 4.32. The molecule has 0 saturated heterocycles. The lowest BCUT2D eigenvalue weighted by molar-refractivity contribution is -0.131. The maximum atomic E-state index is 11.3. The van der Waals surface area contributed by atoms with Crippen LogP contribution in [0.25, 0.3) is 6.08 Å². The molecule has 0 radical (unpaired) electrons. The van der Waals surface area contributed by atoms with Crippen LogP contribution in [0.2, 0.25) is 0 Å². The Morgan fingerprint density at radius 2 is 2.10 bits per heavy atom. The Morgan fingerprint density at radius 1 is 1.38 bits per heavy atom. The molecule has 2 N–H and O–H groups in total. The number of benzene rings is 1. The average Bonchev–Trinajstić information content (AvgIpc) is 2.79. The van der Waals surface area contributed by atoms with E-state index in [1.807, 2.05) is 22.6 Å². The third-order valence-electron chi connectivity index (χ3n) is 2.26. The molecule has 1 aromatic heterocycles. The number of halogens is 2. The van der Waals surface area contributed by atoms with Crippen molar-refractivity contribution in [2.75, 3.05) is 0 Å². The zero-order chi connectivity index (χ0) is 15.6. The summed E-state index contributed by atoms with van der Waals surface area (Å²) in [4.78, 5) is 11.3. The van der Waals surface area contributed by atoms with Crippen LogP contribution >= 0.6 is 56.9 Å². The van der Waals surface area contributed by atoms with Gasteiger partial charge in [0.2, 0.25) is 5.89 Å². The van der Waals surface area contributed by atoms with Crippen molar-refractivity contribution in [2.45, 2.75) is 12.1 Å². The predicted octanol–water partition coefficient (Wildman–Crippen LogP) is 3.51. The molecule has 0 unspecified atom stereocenters. The van der Waals surface area contributed by atoms with Crippen molar-refractivity contribution in [3.8, 4) is 5.75 Å². The van der Waals surface area contributed by atoms with Crippen LogP contribution in [0.15, 0.2) is 26.7 Å². The van der Waals surface area contributed by atoms with Gasteiger partial charge in [-0.2, -0.15) is 0 Å². The molecule has 9 heteroatoms. The Hall–Kier alpha value is -0.820. The minimum Gasteiger partial charge on any atom is -0.506 e. The molecule has 0 aliphatic heterocycles. The number of aryl methyl sites for hydroxylation is 1. The van der Waals surface area contributed by atoms with Crippen molar-refractivity contribution >= 4 is 69.0 Å². The van der Waals surface area contributed by atoms with E-state index < -0.39 is 5.97 Å². The van der Waals surface area contributed by atoms with Crippen molar-refractivity contribution in [1.29, 1.82) is 0 Å². The summed E-state index contributed by atoms with van der Waals surface area (Å²) < 4.78 is 6.69. The van der Waals surface area contributed by atoms with Gasteiger partial charge in [0.15, 0.2) is 0 Å². The van der Waals surface area contributed by atoms with Crippen molar-refractivity contribution in [2.24, 2.45) is 0 Å². The first-order valence-corrected chi connectivity index (χ1v) is 8.45. The lowest BCUT2D eigenvalue weighted by Gasteiger charge is -2.05. The molecule has 0 atom stereocenters. The van der Waals surface area contributed by atoms with Crippen molar-refractivity contribution < 1.29 is 19.4 Å². The van der Waals surface area contributed by atoms with E-state index in [0.29, 0.717) is 15.0 Å². The molecule has 0 fully saturated rings. The number of nitrogens with zero attached hydrogens (tertiary/aromatic N) is 2. The number of rotatable bonds is 4. The number of phenols is 1. The van der Waals surface area contributed by atoms with E-state index in [2.05, 4.69) is 32.8 Å². The summed E-state index contributed by atoms with van der Waals surface area (Å²) in [7, 11) is 0. The van der Waals surface area contributed by atoms with Crippen LogP contribution in [0.5, 0.6) is 5.75 Å². The Bertz CT molecular complexity index is 730. The van der Waals surface area contributed by atoms with Crippen LogP contribution in [-0.4, -0.2) is 26.4 Å². The third-order valence-corrected chi connectivity index (χ3v) is 4.56. The highest BCUT2D eigenvalue weighted by Gasteiger charge is 2.16. The summed E-state index contributed by atoms with van der Waals surface area (Å²) in [5, 5.41) is 26.8. The number of carbonyl (C=O) groups is 1. The van der Waals surface area contributed by atoms with E-state index in [1.54, 1.807) is 19.1 Å². The summed E-state index contributed by atoms with van der Waals surface area (Å²) in [6, 6.07) is 3.49. The lowest BCUT2D eigenvalue weighted by atomic mass is 10.2. The fourth-order valence-electron chi connectivity index (χ4n) is 1.39. The molecule has 2 rings (SSSR count).